The molecule has 98 valence electrons. The van der Waals surface area contributed by atoms with Crippen LogP contribution in [0.3, 0.4) is 0 Å². The van der Waals surface area contributed by atoms with E-state index in [4.69, 9.17) is 0 Å². The minimum absolute atomic E-state index is 0.218. The van der Waals surface area contributed by atoms with Crippen LogP contribution in [0.1, 0.15) is 58.3 Å². The second-order valence-corrected chi connectivity index (χ2v) is 5.69. The molecule has 0 spiro atoms. The number of hydrogen-bond acceptors (Lipinski definition) is 2. The molecule has 2 aliphatic rings. The smallest absolute Gasteiger partial charge is 0.220 e. The van der Waals surface area contributed by atoms with E-state index in [1.807, 2.05) is 0 Å². The average Bonchev–Trinajstić information content (AvgIpc) is 2.57. The molecule has 2 N–H and O–H groups in total. The summed E-state index contributed by atoms with van der Waals surface area (Å²) in [4.78, 5) is 11.1. The quantitative estimate of drug-likeness (QED) is 0.740. The molecule has 3 heteroatoms. The Balaban J connectivity index is 1.73. The van der Waals surface area contributed by atoms with Crippen molar-refractivity contribution in [3.05, 3.63) is 0 Å². The first kappa shape index (κ1) is 12.9. The lowest BCUT2D eigenvalue weighted by atomic mass is 9.97. The molecule has 2 fully saturated rings. The lowest BCUT2D eigenvalue weighted by Gasteiger charge is -2.28. The highest BCUT2D eigenvalue weighted by molar-refractivity contribution is 5.76. The van der Waals surface area contributed by atoms with Crippen molar-refractivity contribution in [1.29, 1.82) is 0 Å². The third-order valence-corrected chi connectivity index (χ3v) is 4.40. The van der Waals surface area contributed by atoms with Crippen molar-refractivity contribution in [3.8, 4) is 0 Å². The summed E-state index contributed by atoms with van der Waals surface area (Å²) < 4.78 is 0. The van der Waals surface area contributed by atoms with Gasteiger partial charge in [0, 0.05) is 25.0 Å². The summed E-state index contributed by atoms with van der Waals surface area (Å²) in [5.74, 6) is 1.17. The van der Waals surface area contributed by atoms with E-state index in [9.17, 15) is 4.79 Å². The summed E-state index contributed by atoms with van der Waals surface area (Å²) in [5.41, 5.74) is 0. The minimum atomic E-state index is 0.218. The van der Waals surface area contributed by atoms with Gasteiger partial charge in [-0.1, -0.05) is 26.2 Å². The maximum absolute atomic E-state index is 11.1. The topological polar surface area (TPSA) is 41.1 Å². The van der Waals surface area contributed by atoms with Crippen molar-refractivity contribution in [2.24, 2.45) is 5.92 Å². The number of carbonyl (C=O) groups is 1. The summed E-state index contributed by atoms with van der Waals surface area (Å²) in [7, 11) is 0. The van der Waals surface area contributed by atoms with Gasteiger partial charge in [-0.15, -0.1) is 0 Å². The Morgan fingerprint density at radius 2 is 2.06 bits per heavy atom. The van der Waals surface area contributed by atoms with Gasteiger partial charge < -0.3 is 10.6 Å². The van der Waals surface area contributed by atoms with Crippen LogP contribution in [0.15, 0.2) is 0 Å². The zero-order valence-corrected chi connectivity index (χ0v) is 11.0. The van der Waals surface area contributed by atoms with Crippen LogP contribution >= 0.6 is 0 Å². The van der Waals surface area contributed by atoms with Crippen LogP contribution in [0, 0.1) is 5.92 Å². The molecule has 0 aromatic carbocycles. The summed E-state index contributed by atoms with van der Waals surface area (Å²) in [5, 5.41) is 6.70. The van der Waals surface area contributed by atoms with E-state index in [1.54, 1.807) is 0 Å². The van der Waals surface area contributed by atoms with Crippen LogP contribution in [0.25, 0.3) is 0 Å². The fourth-order valence-electron chi connectivity index (χ4n) is 3.16. The normalized spacial score (nSPS) is 35.1. The third kappa shape index (κ3) is 3.98. The van der Waals surface area contributed by atoms with Crippen LogP contribution in [-0.4, -0.2) is 24.5 Å². The zero-order chi connectivity index (χ0) is 12.1. The maximum Gasteiger partial charge on any atom is 0.220 e. The molecular weight excluding hydrogens is 212 g/mol. The third-order valence-electron chi connectivity index (χ3n) is 4.40. The number of carbonyl (C=O) groups excluding carboxylic acids is 1. The van der Waals surface area contributed by atoms with Gasteiger partial charge in [0.15, 0.2) is 0 Å². The van der Waals surface area contributed by atoms with E-state index < -0.39 is 0 Å². The van der Waals surface area contributed by atoms with Crippen LogP contribution < -0.4 is 10.6 Å². The Labute approximate surface area is 105 Å². The molecule has 0 aromatic rings. The van der Waals surface area contributed by atoms with E-state index in [1.165, 1.54) is 38.5 Å². The van der Waals surface area contributed by atoms with Gasteiger partial charge in [-0.3, -0.25) is 4.79 Å². The van der Waals surface area contributed by atoms with Gasteiger partial charge in [-0.25, -0.2) is 0 Å². The van der Waals surface area contributed by atoms with Crippen molar-refractivity contribution in [2.75, 3.05) is 6.54 Å². The molecule has 17 heavy (non-hydrogen) atoms. The lowest BCUT2D eigenvalue weighted by molar-refractivity contribution is -0.122. The molecule has 1 heterocycles. The van der Waals surface area contributed by atoms with Crippen LogP contribution in [-0.2, 0) is 4.79 Å². The standard InChI is InChI=1S/C14H26N2O/c1-2-11-4-3-5-12(7-6-11)16-13-8-9-14(17)15-10-13/h11-13,16H,2-10H2,1H3,(H,15,17). The zero-order valence-electron chi connectivity index (χ0n) is 11.0. The van der Waals surface area contributed by atoms with Crippen molar-refractivity contribution in [1.82, 2.24) is 10.6 Å². The second kappa shape index (κ2) is 6.39. The Hall–Kier alpha value is -0.570. The van der Waals surface area contributed by atoms with Gasteiger partial charge in [0.25, 0.3) is 0 Å². The predicted octanol–water partition coefficient (Wildman–Crippen LogP) is 2.21. The number of amides is 1. The molecular formula is C14H26N2O. The Morgan fingerprint density at radius 3 is 2.76 bits per heavy atom. The lowest BCUT2D eigenvalue weighted by Crippen LogP contribution is -2.49. The van der Waals surface area contributed by atoms with Crippen LogP contribution in [0.2, 0.25) is 0 Å². The van der Waals surface area contributed by atoms with Crippen LogP contribution in [0.5, 0.6) is 0 Å². The molecule has 1 aliphatic heterocycles. The van der Waals surface area contributed by atoms with Gasteiger partial charge in [0.2, 0.25) is 5.91 Å². The van der Waals surface area contributed by atoms with Gasteiger partial charge >= 0.3 is 0 Å². The average molecular weight is 238 g/mol. The summed E-state index contributed by atoms with van der Waals surface area (Å²) in [6, 6.07) is 1.20. The van der Waals surface area contributed by atoms with Crippen LogP contribution in [0.4, 0.5) is 0 Å². The highest BCUT2D eigenvalue weighted by Gasteiger charge is 2.23. The number of hydrogen-bond donors (Lipinski definition) is 2. The van der Waals surface area contributed by atoms with Crippen molar-refractivity contribution < 1.29 is 4.79 Å². The summed E-state index contributed by atoms with van der Waals surface area (Å²) in [6.45, 7) is 3.14. The largest absolute Gasteiger partial charge is 0.355 e. The fourth-order valence-corrected chi connectivity index (χ4v) is 3.16. The molecule has 1 amide bonds. The fraction of sp³-hybridized carbons (Fsp3) is 0.929. The van der Waals surface area contributed by atoms with E-state index in [-0.39, 0.29) is 5.91 Å². The van der Waals surface area contributed by atoms with Gasteiger partial charge in [0.1, 0.15) is 0 Å². The second-order valence-electron chi connectivity index (χ2n) is 5.69. The molecule has 1 aliphatic carbocycles. The number of nitrogens with one attached hydrogen (secondary N) is 2. The highest BCUT2D eigenvalue weighted by atomic mass is 16.1. The number of rotatable bonds is 3. The molecule has 0 bridgehead atoms. The molecule has 2 rings (SSSR count). The maximum atomic E-state index is 11.1. The molecule has 1 saturated carbocycles. The van der Waals surface area contributed by atoms with Crippen molar-refractivity contribution in [3.63, 3.8) is 0 Å². The van der Waals surface area contributed by atoms with Gasteiger partial charge in [-0.05, 0) is 31.6 Å². The number of piperidine rings is 1. The Kier molecular flexibility index (Phi) is 4.84. The summed E-state index contributed by atoms with van der Waals surface area (Å²) in [6.07, 6.45) is 9.86. The predicted molar refractivity (Wildman–Crippen MR) is 69.8 cm³/mol. The summed E-state index contributed by atoms with van der Waals surface area (Å²) >= 11 is 0. The molecule has 1 saturated heterocycles. The first-order valence-electron chi connectivity index (χ1n) is 7.30. The molecule has 0 aromatic heterocycles. The molecule has 0 radical (unpaired) electrons. The Morgan fingerprint density at radius 1 is 1.18 bits per heavy atom. The van der Waals surface area contributed by atoms with Gasteiger partial charge in [-0.2, -0.15) is 0 Å². The van der Waals surface area contributed by atoms with E-state index >= 15 is 0 Å². The Bertz CT molecular complexity index is 245. The SMILES string of the molecule is CCC1CCCC(NC2CCC(=O)NC2)CC1. The van der Waals surface area contributed by atoms with Gasteiger partial charge in [0.05, 0.1) is 0 Å². The van der Waals surface area contributed by atoms with E-state index in [0.717, 1.165) is 18.9 Å². The van der Waals surface area contributed by atoms with Crippen molar-refractivity contribution in [2.45, 2.75) is 70.4 Å². The first-order chi connectivity index (χ1) is 8.28. The van der Waals surface area contributed by atoms with E-state index in [2.05, 4.69) is 17.6 Å². The molecule has 3 atom stereocenters. The van der Waals surface area contributed by atoms with Crippen molar-refractivity contribution >= 4 is 5.91 Å². The minimum Gasteiger partial charge on any atom is -0.355 e. The van der Waals surface area contributed by atoms with E-state index in [0.29, 0.717) is 18.5 Å². The highest BCUT2D eigenvalue weighted by Crippen LogP contribution is 2.25. The molecule has 3 nitrogen and oxygen atoms in total. The molecule has 3 unspecified atom stereocenters. The monoisotopic (exact) mass is 238 g/mol. The first-order valence-corrected chi connectivity index (χ1v) is 7.30.